The Kier molecular flexibility index (Phi) is 6.22. The second-order valence-electron chi connectivity index (χ2n) is 13.4. The number of furan rings is 1. The summed E-state index contributed by atoms with van der Waals surface area (Å²) in [6.45, 7) is 0. The van der Waals surface area contributed by atoms with E-state index in [0.29, 0.717) is 5.95 Å². The molecule has 3 aromatic heterocycles. The highest BCUT2D eigenvalue weighted by molar-refractivity contribution is 6.24. The van der Waals surface area contributed by atoms with E-state index in [1.165, 1.54) is 26.9 Å². The molecule has 0 aliphatic rings. The summed E-state index contributed by atoms with van der Waals surface area (Å²) >= 11 is 0. The molecule has 11 aromatic rings. The molecule has 0 bridgehead atoms. The number of rotatable bonds is 4. The van der Waals surface area contributed by atoms with E-state index < -0.39 is 0 Å². The lowest BCUT2D eigenvalue weighted by Crippen LogP contribution is -2.04. The summed E-state index contributed by atoms with van der Waals surface area (Å²) in [5.74, 6) is 0.628. The summed E-state index contributed by atoms with van der Waals surface area (Å²) in [6.07, 6.45) is 0. The van der Waals surface area contributed by atoms with Crippen LogP contribution in [-0.2, 0) is 0 Å². The van der Waals surface area contributed by atoms with Gasteiger partial charge >= 0.3 is 0 Å². The number of aromatic nitrogens is 3. The van der Waals surface area contributed by atoms with Gasteiger partial charge in [-0.3, -0.25) is 4.57 Å². The van der Waals surface area contributed by atoms with Gasteiger partial charge in [-0.15, -0.1) is 0 Å². The lowest BCUT2D eigenvalue weighted by molar-refractivity contribution is 0.669. The lowest BCUT2D eigenvalue weighted by atomic mass is 9.97. The minimum absolute atomic E-state index is 0.628. The maximum Gasteiger partial charge on any atom is 0.235 e. The van der Waals surface area contributed by atoms with Gasteiger partial charge in [0.05, 0.1) is 22.4 Å². The van der Waals surface area contributed by atoms with Gasteiger partial charge in [0.25, 0.3) is 0 Å². The highest BCUT2D eigenvalue weighted by Gasteiger charge is 2.22. The minimum atomic E-state index is 0.628. The Balaban J connectivity index is 1.26. The fourth-order valence-electron chi connectivity index (χ4n) is 8.04. The molecule has 0 saturated carbocycles. The SMILES string of the molecule is c1ccc(-c2cc(-c3ccccc3)nc(-n3c4ccc5ccccc5c4c4cccc(-c5ccc6oc7ccc8ccccc8c7c6c5)c43)n2)cc1. The molecule has 3 heterocycles. The van der Waals surface area contributed by atoms with Crippen molar-refractivity contribution >= 4 is 65.3 Å². The number of fused-ring (bicyclic) bond motifs is 10. The van der Waals surface area contributed by atoms with Gasteiger partial charge in [0.1, 0.15) is 11.2 Å². The van der Waals surface area contributed by atoms with Gasteiger partial charge < -0.3 is 4.42 Å². The maximum atomic E-state index is 6.41. The summed E-state index contributed by atoms with van der Waals surface area (Å²) in [4.78, 5) is 10.7. The van der Waals surface area contributed by atoms with E-state index in [-0.39, 0.29) is 0 Å². The van der Waals surface area contributed by atoms with Crippen molar-refractivity contribution in [3.05, 3.63) is 176 Å². The third-order valence-electron chi connectivity index (χ3n) is 10.4. The second-order valence-corrected chi connectivity index (χ2v) is 13.4. The average molecular weight is 664 g/mol. The zero-order valence-electron chi connectivity index (χ0n) is 28.0. The van der Waals surface area contributed by atoms with E-state index in [1.807, 2.05) is 12.1 Å². The molecule has 242 valence electrons. The van der Waals surface area contributed by atoms with Gasteiger partial charge in [0.2, 0.25) is 5.95 Å². The van der Waals surface area contributed by atoms with Gasteiger partial charge in [0, 0.05) is 38.2 Å². The summed E-state index contributed by atoms with van der Waals surface area (Å²) in [5, 5.41) is 9.36. The predicted octanol–water partition coefficient (Wildman–Crippen LogP) is 12.8. The smallest absolute Gasteiger partial charge is 0.235 e. The molecule has 52 heavy (non-hydrogen) atoms. The Morgan fingerprint density at radius 2 is 1.00 bits per heavy atom. The van der Waals surface area contributed by atoms with Crippen molar-refractivity contribution in [1.82, 2.24) is 14.5 Å². The minimum Gasteiger partial charge on any atom is -0.456 e. The normalized spacial score (nSPS) is 11.8. The van der Waals surface area contributed by atoms with Gasteiger partial charge in [-0.05, 0) is 57.4 Å². The Morgan fingerprint density at radius 3 is 1.71 bits per heavy atom. The summed E-state index contributed by atoms with van der Waals surface area (Å²) in [7, 11) is 0. The summed E-state index contributed by atoms with van der Waals surface area (Å²) in [5.41, 5.74) is 9.92. The second kappa shape index (κ2) is 11.2. The van der Waals surface area contributed by atoms with E-state index in [1.54, 1.807) is 0 Å². The van der Waals surface area contributed by atoms with Gasteiger partial charge in [0.15, 0.2) is 0 Å². The third-order valence-corrected chi connectivity index (χ3v) is 10.4. The number of para-hydroxylation sites is 1. The number of benzene rings is 8. The van der Waals surface area contributed by atoms with Crippen LogP contribution in [0.1, 0.15) is 0 Å². The van der Waals surface area contributed by atoms with E-state index in [0.717, 1.165) is 72.0 Å². The average Bonchev–Trinajstić information content (AvgIpc) is 3.77. The van der Waals surface area contributed by atoms with Gasteiger partial charge in [-0.1, -0.05) is 146 Å². The molecule has 0 N–H and O–H groups in total. The van der Waals surface area contributed by atoms with Crippen LogP contribution >= 0.6 is 0 Å². The summed E-state index contributed by atoms with van der Waals surface area (Å²) in [6, 6.07) is 61.9. The van der Waals surface area contributed by atoms with Crippen LogP contribution in [0.3, 0.4) is 0 Å². The Hall–Kier alpha value is -7.04. The maximum absolute atomic E-state index is 6.41. The fraction of sp³-hybridized carbons (Fsp3) is 0. The zero-order valence-corrected chi connectivity index (χ0v) is 28.0. The zero-order chi connectivity index (χ0) is 34.2. The van der Waals surface area contributed by atoms with Crippen LogP contribution < -0.4 is 0 Å². The number of nitrogens with zero attached hydrogens (tertiary/aromatic N) is 3. The predicted molar refractivity (Wildman–Crippen MR) is 215 cm³/mol. The molecular weight excluding hydrogens is 635 g/mol. The van der Waals surface area contributed by atoms with Crippen LogP contribution in [0.4, 0.5) is 0 Å². The van der Waals surface area contributed by atoms with Crippen LogP contribution in [0.25, 0.3) is 105 Å². The van der Waals surface area contributed by atoms with Crippen LogP contribution in [0.2, 0.25) is 0 Å². The lowest BCUT2D eigenvalue weighted by Gasteiger charge is -2.14. The molecule has 0 spiro atoms. The number of hydrogen-bond acceptors (Lipinski definition) is 3. The largest absolute Gasteiger partial charge is 0.456 e. The Labute approximate surface area is 298 Å². The molecule has 0 atom stereocenters. The van der Waals surface area contributed by atoms with E-state index in [9.17, 15) is 0 Å². The van der Waals surface area contributed by atoms with Crippen molar-refractivity contribution in [1.29, 1.82) is 0 Å². The fourth-order valence-corrected chi connectivity index (χ4v) is 8.04. The molecule has 11 rings (SSSR count). The van der Waals surface area contributed by atoms with Crippen molar-refractivity contribution < 1.29 is 4.42 Å². The quantitative estimate of drug-likeness (QED) is 0.188. The van der Waals surface area contributed by atoms with Crippen LogP contribution in [0.5, 0.6) is 0 Å². The molecule has 0 amide bonds. The van der Waals surface area contributed by atoms with Crippen LogP contribution in [0, 0.1) is 0 Å². The highest BCUT2D eigenvalue weighted by Crippen LogP contribution is 2.43. The third kappa shape index (κ3) is 4.34. The first-order chi connectivity index (χ1) is 25.8. The Bertz CT molecular complexity index is 3120. The van der Waals surface area contributed by atoms with E-state index in [4.69, 9.17) is 14.4 Å². The first-order valence-electron chi connectivity index (χ1n) is 17.6. The molecule has 0 aliphatic heterocycles. The standard InChI is InChI=1S/C48H29N3O/c1-3-14-32(15-4-1)40-29-41(33-16-5-2-6-17-33)50-48(49-40)51-42-25-22-30-12-7-9-18-35(30)45(42)38-21-11-20-37(47(38)51)34-24-26-43-39(28-34)46-36-19-10-8-13-31(36)23-27-44(46)52-43/h1-29H. The molecule has 0 fully saturated rings. The topological polar surface area (TPSA) is 43.9 Å². The molecule has 0 saturated heterocycles. The first kappa shape index (κ1) is 28.8. The Morgan fingerprint density at radius 1 is 0.404 bits per heavy atom. The molecule has 0 aliphatic carbocycles. The molecule has 0 radical (unpaired) electrons. The van der Waals surface area contributed by atoms with Crippen molar-refractivity contribution in [2.75, 3.05) is 0 Å². The summed E-state index contributed by atoms with van der Waals surface area (Å²) < 4.78 is 8.69. The first-order valence-corrected chi connectivity index (χ1v) is 17.6. The number of hydrogen-bond donors (Lipinski definition) is 0. The molecule has 4 heteroatoms. The van der Waals surface area contributed by atoms with Crippen LogP contribution in [0.15, 0.2) is 180 Å². The van der Waals surface area contributed by atoms with Crippen molar-refractivity contribution in [3.63, 3.8) is 0 Å². The molecule has 0 unspecified atom stereocenters. The molecule has 8 aromatic carbocycles. The van der Waals surface area contributed by atoms with E-state index >= 15 is 0 Å². The van der Waals surface area contributed by atoms with Crippen molar-refractivity contribution in [3.8, 4) is 39.6 Å². The van der Waals surface area contributed by atoms with Gasteiger partial charge in [-0.2, -0.15) is 0 Å². The van der Waals surface area contributed by atoms with E-state index in [2.05, 4.69) is 168 Å². The van der Waals surface area contributed by atoms with Crippen molar-refractivity contribution in [2.24, 2.45) is 0 Å². The molecular formula is C48H29N3O. The van der Waals surface area contributed by atoms with Crippen molar-refractivity contribution in [2.45, 2.75) is 0 Å². The van der Waals surface area contributed by atoms with Crippen LogP contribution in [-0.4, -0.2) is 14.5 Å². The monoisotopic (exact) mass is 663 g/mol. The van der Waals surface area contributed by atoms with Gasteiger partial charge in [-0.25, -0.2) is 9.97 Å². The highest BCUT2D eigenvalue weighted by atomic mass is 16.3. The molecule has 4 nitrogen and oxygen atoms in total.